The van der Waals surface area contributed by atoms with E-state index in [1.165, 1.54) is 6.07 Å². The molecule has 6 unspecified atom stereocenters. The minimum absolute atomic E-state index is 0.0721. The molecule has 1 aliphatic heterocycles. The maximum Gasteiger partial charge on any atom is 0.263 e. The topological polar surface area (TPSA) is 266 Å². The Bertz CT molecular complexity index is 1060. The van der Waals surface area contributed by atoms with Crippen LogP contribution in [0, 0.1) is 0 Å². The lowest BCUT2D eigenvalue weighted by molar-refractivity contribution is -0.144. The highest BCUT2D eigenvalue weighted by Crippen LogP contribution is 2.47. The highest BCUT2D eigenvalue weighted by Gasteiger charge is 2.53. The van der Waals surface area contributed by atoms with Crippen molar-refractivity contribution >= 4 is 34.2 Å². The molecular formula is C18H22N3O11S+. The third-order valence-electron chi connectivity index (χ3n) is 5.04. The molecule has 1 amide bonds. The second kappa shape index (κ2) is 8.90. The fraction of sp³-hybridized carbons (Fsp3) is 0.333. The summed E-state index contributed by atoms with van der Waals surface area (Å²) < 4.78 is 10.7. The number of nitrogens with one attached hydrogen (secondary N) is 2. The summed E-state index contributed by atoms with van der Waals surface area (Å²) in [6.07, 6.45) is -7.53. The first kappa shape index (κ1) is 24.9. The lowest BCUT2D eigenvalue weighted by atomic mass is 9.99. The van der Waals surface area contributed by atoms with Gasteiger partial charge in [0.2, 0.25) is 34.2 Å². The van der Waals surface area contributed by atoms with Gasteiger partial charge >= 0.3 is 0 Å². The Balaban J connectivity index is 1.92. The van der Waals surface area contributed by atoms with Gasteiger partial charge in [-0.25, -0.2) is 0 Å². The summed E-state index contributed by atoms with van der Waals surface area (Å²) in [5, 5.41) is 83.1. The Kier molecular flexibility index (Phi) is 6.72. The van der Waals surface area contributed by atoms with Gasteiger partial charge in [-0.3, -0.25) is 15.3 Å². The van der Waals surface area contributed by atoms with Crippen molar-refractivity contribution in [2.24, 2.45) is 5.73 Å². The van der Waals surface area contributed by atoms with Crippen LogP contribution >= 0.6 is 0 Å². The number of aliphatic hydroxyl groups is 7. The van der Waals surface area contributed by atoms with Crippen molar-refractivity contribution in [1.29, 1.82) is 0 Å². The van der Waals surface area contributed by atoms with Gasteiger partial charge in [0, 0.05) is 6.08 Å². The number of amides is 1. The van der Waals surface area contributed by atoms with Crippen LogP contribution in [0.5, 0.6) is 5.75 Å². The van der Waals surface area contributed by atoms with Gasteiger partial charge < -0.3 is 51.5 Å². The summed E-state index contributed by atoms with van der Waals surface area (Å²) in [6.45, 7) is -0.952. The van der Waals surface area contributed by atoms with Crippen LogP contribution < -0.4 is 16.4 Å². The second-order valence-corrected chi connectivity index (χ2v) is 8.67. The average molecular weight is 488 g/mol. The van der Waals surface area contributed by atoms with E-state index in [0.29, 0.717) is 0 Å². The van der Waals surface area contributed by atoms with Gasteiger partial charge in [-0.1, -0.05) is 0 Å². The number of benzene rings is 1. The standard InChI is InChI=1S/C18H21N3O11S/c19-18(31)9(24)3-7-15(16(18)29)33(32)14-6(20-7)2-1-5(10(14)25)21-17(30)13(28)12(27)11(26)8(23)4-22/h1-3,8,11-13,22-23,26-28,31-32H,4,19H2,(H3-,20,21,24,25,29,30)/p+1. The van der Waals surface area contributed by atoms with Crippen LogP contribution in [0.1, 0.15) is 0 Å². The zero-order valence-corrected chi connectivity index (χ0v) is 17.4. The number of nitrogens with two attached hydrogens (primary N) is 1. The summed E-state index contributed by atoms with van der Waals surface area (Å²) in [5.41, 5.74) is 2.25. The van der Waals surface area contributed by atoms with Gasteiger partial charge in [-0.05, 0) is 12.1 Å². The predicted octanol–water partition coefficient (Wildman–Crippen LogP) is -3.47. The van der Waals surface area contributed by atoms with Crippen molar-refractivity contribution in [3.8, 4) is 5.75 Å². The van der Waals surface area contributed by atoms with E-state index < -0.39 is 71.1 Å². The number of phenolic OH excluding ortho intramolecular Hbond substituents is 1. The molecule has 6 atom stereocenters. The number of phenols is 1. The summed E-state index contributed by atoms with van der Waals surface area (Å²) in [6, 6.07) is 2.42. The smallest absolute Gasteiger partial charge is 0.263 e. The predicted molar refractivity (Wildman–Crippen MR) is 112 cm³/mol. The molecule has 0 bridgehead atoms. The van der Waals surface area contributed by atoms with Crippen molar-refractivity contribution in [1.82, 2.24) is 0 Å². The van der Waals surface area contributed by atoms with Crippen molar-refractivity contribution in [2.45, 2.75) is 35.0 Å². The van der Waals surface area contributed by atoms with E-state index in [1.807, 2.05) is 0 Å². The number of hydrogen-bond donors (Lipinski definition) is 12. The number of rotatable bonds is 6. The van der Waals surface area contributed by atoms with E-state index in [9.17, 15) is 49.9 Å². The monoisotopic (exact) mass is 488 g/mol. The van der Waals surface area contributed by atoms with E-state index in [2.05, 4.69) is 10.6 Å². The first-order valence-electron chi connectivity index (χ1n) is 9.24. The summed E-state index contributed by atoms with van der Waals surface area (Å²) >= 11 is -2.15. The summed E-state index contributed by atoms with van der Waals surface area (Å²) in [5.74, 6) is -4.14. The lowest BCUT2D eigenvalue weighted by Crippen LogP contribution is -2.52. The normalized spacial score (nSPS) is 25.8. The van der Waals surface area contributed by atoms with Gasteiger partial charge in [0.25, 0.3) is 15.7 Å². The third kappa shape index (κ3) is 4.17. The molecule has 0 saturated heterocycles. The van der Waals surface area contributed by atoms with Crippen LogP contribution in [0.3, 0.4) is 0 Å². The van der Waals surface area contributed by atoms with Gasteiger partial charge in [0.05, 0.1) is 12.3 Å². The van der Waals surface area contributed by atoms with Crippen molar-refractivity contribution in [3.63, 3.8) is 0 Å². The quantitative estimate of drug-likeness (QED) is 0.105. The molecule has 0 aromatic heterocycles. The Morgan fingerprint density at radius 3 is 2.42 bits per heavy atom. The second-order valence-electron chi connectivity index (χ2n) is 7.28. The third-order valence-corrected chi connectivity index (χ3v) is 6.64. The molecule has 14 nitrogen and oxygen atoms in total. The van der Waals surface area contributed by atoms with Gasteiger partial charge in [-0.15, -0.1) is 0 Å². The minimum atomic E-state index is -2.80. The molecule has 15 heteroatoms. The van der Waals surface area contributed by atoms with Crippen LogP contribution in [-0.2, 0) is 20.8 Å². The number of anilines is 2. The first-order valence-corrected chi connectivity index (χ1v) is 10.4. The van der Waals surface area contributed by atoms with Crippen molar-refractivity contribution in [3.05, 3.63) is 34.6 Å². The number of aliphatic hydroxyl groups excluding tert-OH is 6. The van der Waals surface area contributed by atoms with E-state index in [1.54, 1.807) is 0 Å². The molecule has 0 spiro atoms. The summed E-state index contributed by atoms with van der Waals surface area (Å²) in [4.78, 5) is 23.5. The molecule has 0 saturated carbocycles. The van der Waals surface area contributed by atoms with Crippen LogP contribution in [0.2, 0.25) is 0 Å². The Morgan fingerprint density at radius 2 is 1.82 bits per heavy atom. The number of aromatic hydroxyl groups is 1. The highest BCUT2D eigenvalue weighted by atomic mass is 32.2. The van der Waals surface area contributed by atoms with E-state index in [0.717, 1.165) is 12.1 Å². The van der Waals surface area contributed by atoms with Gasteiger partial charge in [0.1, 0.15) is 29.7 Å². The van der Waals surface area contributed by atoms with Crippen LogP contribution in [-0.4, -0.2) is 93.8 Å². The Hall–Kier alpha value is -2.73. The molecule has 0 radical (unpaired) electrons. The zero-order valence-electron chi connectivity index (χ0n) is 16.6. The Labute approximate surface area is 188 Å². The van der Waals surface area contributed by atoms with Crippen molar-refractivity contribution < 1.29 is 55.0 Å². The van der Waals surface area contributed by atoms with Gasteiger partial charge in [0.15, 0.2) is 6.10 Å². The van der Waals surface area contributed by atoms with E-state index in [-0.39, 0.29) is 26.9 Å². The SMILES string of the molecule is NC1(O)C(=O)C=C2Nc3ccc(NC(=O)C(O)C(O)C(O)C(O)CO)c(O)c3[S+](O)C2=C1O. The number of carbonyl (C=O) groups is 2. The van der Waals surface area contributed by atoms with E-state index >= 15 is 0 Å². The maximum atomic E-state index is 12.3. The number of ketones is 1. The van der Waals surface area contributed by atoms with Crippen LogP contribution in [0.25, 0.3) is 0 Å². The molecule has 13 N–H and O–H groups in total. The number of fused-ring (bicyclic) bond motifs is 2. The molecule has 0 fully saturated rings. The largest absolute Gasteiger partial charge is 0.504 e. The van der Waals surface area contributed by atoms with Gasteiger partial charge in [-0.2, -0.15) is 4.55 Å². The fourth-order valence-electron chi connectivity index (χ4n) is 3.11. The molecule has 33 heavy (non-hydrogen) atoms. The molecular weight excluding hydrogens is 466 g/mol. The average Bonchev–Trinajstić information content (AvgIpc) is 2.77. The lowest BCUT2D eigenvalue weighted by Gasteiger charge is -2.28. The zero-order chi connectivity index (χ0) is 24.8. The number of hydrogen-bond acceptors (Lipinski definition) is 13. The summed E-state index contributed by atoms with van der Waals surface area (Å²) in [7, 11) is 0. The maximum absolute atomic E-state index is 12.3. The molecule has 180 valence electrons. The Morgan fingerprint density at radius 1 is 1.18 bits per heavy atom. The molecule has 1 heterocycles. The molecule has 2 aliphatic rings. The fourth-order valence-corrected chi connectivity index (χ4v) is 4.59. The first-order chi connectivity index (χ1) is 15.3. The molecule has 1 aromatic rings. The molecule has 3 rings (SSSR count). The van der Waals surface area contributed by atoms with Crippen molar-refractivity contribution in [2.75, 3.05) is 17.2 Å². The molecule has 1 aliphatic carbocycles. The van der Waals surface area contributed by atoms with Crippen LogP contribution in [0.15, 0.2) is 39.5 Å². The van der Waals surface area contributed by atoms with E-state index in [4.69, 9.17) is 10.8 Å². The highest BCUT2D eigenvalue weighted by molar-refractivity contribution is 7.96. The molecule has 1 aromatic carbocycles. The van der Waals surface area contributed by atoms with Crippen LogP contribution in [0.4, 0.5) is 11.4 Å². The number of carbonyl (C=O) groups excluding carboxylic acids is 2. The minimum Gasteiger partial charge on any atom is -0.504 e.